The number of carbonyl (C=O) groups excluding carboxylic acids is 2. The zero-order chi connectivity index (χ0) is 25.1. The van der Waals surface area contributed by atoms with Crippen molar-refractivity contribution in [3.05, 3.63) is 89.0 Å². The molecule has 0 atom stereocenters. The summed E-state index contributed by atoms with van der Waals surface area (Å²) in [7, 11) is -6.10. The number of hydrogen-bond acceptors (Lipinski definition) is 8. The molecule has 1 aliphatic heterocycles. The minimum atomic E-state index is -4.86. The average Bonchev–Trinajstić information content (AvgIpc) is 3.26. The zero-order valence-corrected chi connectivity index (χ0v) is 22.0. The molecule has 12 heteroatoms. The summed E-state index contributed by atoms with van der Waals surface area (Å²) in [4.78, 5) is 29.6. The second-order valence-corrected chi connectivity index (χ2v) is 9.38. The molecule has 1 heterocycles. The number of benzene rings is 3. The van der Waals surface area contributed by atoms with Crippen LogP contribution < -0.4 is 49.4 Å². The molecule has 0 aromatic heterocycles. The van der Waals surface area contributed by atoms with E-state index in [-0.39, 0.29) is 68.8 Å². The van der Waals surface area contributed by atoms with Gasteiger partial charge in [0.1, 0.15) is 4.90 Å². The minimum absolute atomic E-state index is 0. The molecule has 0 saturated carbocycles. The van der Waals surface area contributed by atoms with Gasteiger partial charge < -0.3 is 14.4 Å². The van der Waals surface area contributed by atoms with Crippen molar-refractivity contribution >= 4 is 45.9 Å². The van der Waals surface area contributed by atoms with Gasteiger partial charge in [-0.2, -0.15) is 8.42 Å². The standard InChI is InChI=1S/C24H16BNO8S.Na/c1-12(2)24(29)26-14-7-5-6-13(10-14)25-33-22-18(35(30,31)32)11-17-19(23(22)34-25)21(28)16-9-4-3-8-15(16)20(17)27;/h3-11H,1H2,2H3,(H,26,29)(H,30,31,32);/q;+1/p-1. The minimum Gasteiger partial charge on any atom is -0.858 e. The molecule has 5 rings (SSSR count). The Morgan fingerprint density at radius 1 is 0.972 bits per heavy atom. The first-order chi connectivity index (χ1) is 16.6. The number of fused-ring (bicyclic) bond motifs is 4. The van der Waals surface area contributed by atoms with Crippen LogP contribution in [-0.2, 0) is 10.1 Å². The van der Waals surface area contributed by atoms with Gasteiger partial charge in [0.15, 0.2) is 23.1 Å². The fourth-order valence-electron chi connectivity index (χ4n) is 3.92. The Bertz CT molecular complexity index is 1620. The van der Waals surface area contributed by atoms with Crippen LogP contribution in [0.4, 0.5) is 5.69 Å². The Hall–Kier alpha value is -3.22. The third-order valence-corrected chi connectivity index (χ3v) is 6.41. The number of ketones is 2. The topological polar surface area (TPSA) is 142 Å². The van der Waals surface area contributed by atoms with Gasteiger partial charge in [-0.25, -0.2) is 0 Å². The summed E-state index contributed by atoms with van der Waals surface area (Å²) in [6.07, 6.45) is 0. The first-order valence-corrected chi connectivity index (χ1v) is 11.7. The van der Waals surface area contributed by atoms with Crippen LogP contribution in [0, 0.1) is 0 Å². The molecule has 3 aromatic carbocycles. The second-order valence-electron chi connectivity index (χ2n) is 7.99. The van der Waals surface area contributed by atoms with Crippen LogP contribution in [0.3, 0.4) is 0 Å². The van der Waals surface area contributed by atoms with Crippen LogP contribution in [0.25, 0.3) is 0 Å². The molecule has 9 nitrogen and oxygen atoms in total. The number of hydrogen-bond donors (Lipinski definition) is 1. The molecule has 0 saturated heterocycles. The fraction of sp³-hybridized carbons (Fsp3) is 0.0417. The van der Waals surface area contributed by atoms with Crippen LogP contribution in [-0.4, -0.2) is 37.6 Å². The van der Waals surface area contributed by atoms with Crippen LogP contribution in [0.2, 0.25) is 0 Å². The largest absolute Gasteiger partial charge is 1.00 e. The quantitative estimate of drug-likeness (QED) is 0.157. The van der Waals surface area contributed by atoms with Crippen LogP contribution in [0.1, 0.15) is 38.8 Å². The normalized spacial score (nSPS) is 14.2. The molecule has 0 unspecified atom stereocenters. The third-order valence-electron chi connectivity index (χ3n) is 5.56. The fourth-order valence-corrected chi connectivity index (χ4v) is 4.57. The number of nitrogens with zero attached hydrogens (tertiary/aromatic N) is 1. The molecule has 0 bridgehead atoms. The predicted molar refractivity (Wildman–Crippen MR) is 125 cm³/mol. The molecule has 3 aromatic rings. The Labute approximate surface area is 228 Å². The molecule has 0 fully saturated rings. The molecule has 2 aliphatic rings. The van der Waals surface area contributed by atoms with Crippen molar-refractivity contribution in [1.82, 2.24) is 0 Å². The van der Waals surface area contributed by atoms with Crippen LogP contribution in [0.15, 0.2) is 76.6 Å². The summed E-state index contributed by atoms with van der Waals surface area (Å²) in [5.74, 6) is -2.32. The Morgan fingerprint density at radius 3 is 2.25 bits per heavy atom. The van der Waals surface area contributed by atoms with E-state index in [4.69, 9.17) is 9.31 Å². The van der Waals surface area contributed by atoms with Gasteiger partial charge in [-0.1, -0.05) is 43.0 Å². The van der Waals surface area contributed by atoms with Gasteiger partial charge in [0.2, 0.25) is 0 Å². The van der Waals surface area contributed by atoms with Crippen molar-refractivity contribution in [3.8, 4) is 11.5 Å². The Kier molecular flexibility index (Phi) is 6.71. The molecule has 0 amide bonds. The van der Waals surface area contributed by atoms with Gasteiger partial charge in [0, 0.05) is 22.2 Å². The summed E-state index contributed by atoms with van der Waals surface area (Å²) in [5.41, 5.74) is 0.732. The molecular weight excluding hydrogens is 496 g/mol. The van der Waals surface area contributed by atoms with E-state index >= 15 is 0 Å². The molecule has 0 spiro atoms. The summed E-state index contributed by atoms with van der Waals surface area (Å²) in [6.45, 7) is 5.07. The first-order valence-electron chi connectivity index (χ1n) is 10.3. The maximum Gasteiger partial charge on any atom is 1.00 e. The first kappa shape index (κ1) is 25.9. The van der Waals surface area contributed by atoms with E-state index in [2.05, 4.69) is 11.6 Å². The van der Waals surface area contributed by atoms with E-state index in [0.717, 1.165) is 6.07 Å². The smallest absolute Gasteiger partial charge is 0.858 e. The van der Waals surface area contributed by atoms with Crippen LogP contribution >= 0.6 is 0 Å². The van der Waals surface area contributed by atoms with Crippen molar-refractivity contribution in [2.24, 2.45) is 4.99 Å². The molecular formula is C24H15BNNaO8S. The van der Waals surface area contributed by atoms with E-state index in [1.165, 1.54) is 25.1 Å². The number of carbonyl (C=O) groups is 2. The SMILES string of the molecule is C=C(C)C([O-])=Nc1cccc(B2Oc3c(S(=O)(=O)O)cc4c(c3O2)C(=O)c2ccccc2C4=O)c1.[Na+]. The third kappa shape index (κ3) is 4.29. The van der Waals surface area contributed by atoms with E-state index in [0.29, 0.717) is 5.46 Å². The summed E-state index contributed by atoms with van der Waals surface area (Å²) >= 11 is 0. The van der Waals surface area contributed by atoms with Crippen molar-refractivity contribution in [1.29, 1.82) is 0 Å². The van der Waals surface area contributed by atoms with Crippen molar-refractivity contribution in [2.75, 3.05) is 0 Å². The summed E-state index contributed by atoms with van der Waals surface area (Å²) < 4.78 is 45.7. The van der Waals surface area contributed by atoms with Gasteiger partial charge in [-0.3, -0.25) is 19.1 Å². The van der Waals surface area contributed by atoms with E-state index in [9.17, 15) is 27.7 Å². The van der Waals surface area contributed by atoms with E-state index in [1.54, 1.807) is 30.3 Å². The molecule has 1 N–H and O–H groups in total. The van der Waals surface area contributed by atoms with E-state index < -0.39 is 45.3 Å². The maximum atomic E-state index is 13.3. The predicted octanol–water partition coefficient (Wildman–Crippen LogP) is -1.15. The second kappa shape index (κ2) is 9.34. The maximum absolute atomic E-state index is 13.3. The van der Waals surface area contributed by atoms with Gasteiger partial charge in [0.25, 0.3) is 10.1 Å². The molecule has 174 valence electrons. The zero-order valence-electron chi connectivity index (χ0n) is 19.1. The summed E-state index contributed by atoms with van der Waals surface area (Å²) in [6, 6.07) is 13.3. The molecule has 36 heavy (non-hydrogen) atoms. The number of aliphatic imine (C=N–C) groups is 1. The average molecular weight is 511 g/mol. The summed E-state index contributed by atoms with van der Waals surface area (Å²) in [5, 5.41) is 11.9. The van der Waals surface area contributed by atoms with Crippen LogP contribution in [0.5, 0.6) is 11.5 Å². The molecule has 1 aliphatic carbocycles. The number of rotatable bonds is 4. The van der Waals surface area contributed by atoms with Crippen molar-refractivity contribution in [2.45, 2.75) is 11.8 Å². The van der Waals surface area contributed by atoms with Gasteiger partial charge in [-0.15, -0.1) is 0 Å². The monoisotopic (exact) mass is 511 g/mol. The van der Waals surface area contributed by atoms with Crippen molar-refractivity contribution < 1.29 is 66.5 Å². The van der Waals surface area contributed by atoms with Gasteiger partial charge in [0.05, 0.1) is 11.3 Å². The Balaban J connectivity index is 0.00000304. The van der Waals surface area contributed by atoms with Gasteiger partial charge in [-0.05, 0) is 36.6 Å². The van der Waals surface area contributed by atoms with Gasteiger partial charge >= 0.3 is 36.7 Å². The Morgan fingerprint density at radius 2 is 1.61 bits per heavy atom. The van der Waals surface area contributed by atoms with E-state index in [1.807, 2.05) is 0 Å². The van der Waals surface area contributed by atoms with Crippen molar-refractivity contribution in [3.63, 3.8) is 0 Å². The molecule has 0 radical (unpaired) electrons.